The summed E-state index contributed by atoms with van der Waals surface area (Å²) in [5.74, 6) is -0.979. The fraction of sp³-hybridized carbons (Fsp3) is 0.0455. The van der Waals surface area contributed by atoms with Crippen LogP contribution < -0.4 is 10.0 Å². The number of halogens is 3. The van der Waals surface area contributed by atoms with Gasteiger partial charge in [0.15, 0.2) is 0 Å². The molecule has 0 aliphatic carbocycles. The summed E-state index contributed by atoms with van der Waals surface area (Å²) in [5.41, 5.74) is -0.0809. The Hall–Kier alpha value is -3.99. The molecular weight excluding hydrogens is 461 g/mol. The molecule has 0 spiro atoms. The number of hydrogen-bond acceptors (Lipinski definition) is 5. The van der Waals surface area contributed by atoms with Crippen molar-refractivity contribution in [3.63, 3.8) is 0 Å². The van der Waals surface area contributed by atoms with Gasteiger partial charge in [0.05, 0.1) is 10.5 Å². The largest absolute Gasteiger partial charge is 0.508 e. The summed E-state index contributed by atoms with van der Waals surface area (Å²) in [4.78, 5) is 12.2. The monoisotopic (exact) mass is 476 g/mol. The Bertz CT molecular complexity index is 1400. The molecular formula is C22H15F3N2O5S. The minimum atomic E-state index is -4.55. The van der Waals surface area contributed by atoms with Crippen molar-refractivity contribution in [2.45, 2.75) is 11.1 Å². The summed E-state index contributed by atoms with van der Waals surface area (Å²) >= 11 is 0. The molecule has 1 aliphatic rings. The number of fused-ring (bicyclic) bond motifs is 1. The highest BCUT2D eigenvalue weighted by molar-refractivity contribution is 7.92. The van der Waals surface area contributed by atoms with E-state index in [0.717, 1.165) is 30.3 Å². The molecule has 170 valence electrons. The molecule has 0 atom stereocenters. The molecule has 7 nitrogen and oxygen atoms in total. The highest BCUT2D eigenvalue weighted by Crippen LogP contribution is 2.37. The summed E-state index contributed by atoms with van der Waals surface area (Å²) < 4.78 is 65.9. The Labute approximate surface area is 185 Å². The van der Waals surface area contributed by atoms with Crippen LogP contribution in [0.5, 0.6) is 11.5 Å². The number of anilines is 2. The van der Waals surface area contributed by atoms with Crippen molar-refractivity contribution >= 4 is 39.0 Å². The predicted molar refractivity (Wildman–Crippen MR) is 115 cm³/mol. The SMILES string of the molecule is O=C1Nc2ccc(S(=O)(=O)Nc3ccc(C(F)(F)F)cc3)cc2C1=Cc1ccc(O)cc1O. The zero-order valence-corrected chi connectivity index (χ0v) is 17.3. The van der Waals surface area contributed by atoms with Crippen LogP contribution >= 0.6 is 0 Å². The van der Waals surface area contributed by atoms with Crippen molar-refractivity contribution in [3.05, 3.63) is 77.4 Å². The summed E-state index contributed by atoms with van der Waals surface area (Å²) in [6.07, 6.45) is -3.21. The molecule has 4 N–H and O–H groups in total. The molecule has 0 radical (unpaired) electrons. The molecule has 3 aromatic rings. The molecule has 0 saturated heterocycles. The standard InChI is InChI=1S/C22H15F3N2O5S/c23-22(24,25)13-2-4-14(5-3-13)27-33(31,32)16-7-8-19-17(11-16)18(21(30)26-19)9-12-1-6-15(28)10-20(12)29/h1-11,27-29H,(H,26,30). The van der Waals surface area contributed by atoms with Gasteiger partial charge in [-0.05, 0) is 60.7 Å². The van der Waals surface area contributed by atoms with Gasteiger partial charge in [0.2, 0.25) is 0 Å². The molecule has 0 saturated carbocycles. The first kappa shape index (κ1) is 22.2. The van der Waals surface area contributed by atoms with E-state index in [-0.39, 0.29) is 38.8 Å². The van der Waals surface area contributed by atoms with Gasteiger partial charge in [0.1, 0.15) is 11.5 Å². The average Bonchev–Trinajstić information content (AvgIpc) is 3.04. The van der Waals surface area contributed by atoms with Gasteiger partial charge in [-0.1, -0.05) is 0 Å². The molecule has 0 unspecified atom stereocenters. The Morgan fingerprint density at radius 3 is 2.27 bits per heavy atom. The van der Waals surface area contributed by atoms with Gasteiger partial charge in [-0.15, -0.1) is 0 Å². The zero-order valence-electron chi connectivity index (χ0n) is 16.5. The van der Waals surface area contributed by atoms with E-state index in [0.29, 0.717) is 5.69 Å². The van der Waals surface area contributed by atoms with Crippen LogP contribution in [-0.2, 0) is 21.0 Å². The molecule has 1 aliphatic heterocycles. The van der Waals surface area contributed by atoms with E-state index in [9.17, 15) is 36.6 Å². The molecule has 1 heterocycles. The smallest absolute Gasteiger partial charge is 0.416 e. The van der Waals surface area contributed by atoms with E-state index in [1.165, 1.54) is 36.4 Å². The van der Waals surface area contributed by atoms with Crippen LogP contribution in [0.2, 0.25) is 0 Å². The Balaban J connectivity index is 1.67. The number of phenols is 2. The number of nitrogens with one attached hydrogen (secondary N) is 2. The van der Waals surface area contributed by atoms with Crippen molar-refractivity contribution in [3.8, 4) is 11.5 Å². The number of alkyl halides is 3. The second-order valence-corrected chi connectivity index (χ2v) is 8.83. The number of sulfonamides is 1. The lowest BCUT2D eigenvalue weighted by Crippen LogP contribution is -2.13. The third-order valence-corrected chi connectivity index (χ3v) is 6.24. The van der Waals surface area contributed by atoms with E-state index in [1.54, 1.807) is 0 Å². The van der Waals surface area contributed by atoms with E-state index in [4.69, 9.17) is 0 Å². The zero-order chi connectivity index (χ0) is 24.0. The number of rotatable bonds is 4. The van der Waals surface area contributed by atoms with Crippen molar-refractivity contribution in [1.29, 1.82) is 0 Å². The molecule has 0 aromatic heterocycles. The van der Waals surface area contributed by atoms with Crippen LogP contribution in [0.15, 0.2) is 65.6 Å². The number of amides is 1. The fourth-order valence-electron chi connectivity index (χ4n) is 3.23. The molecule has 4 rings (SSSR count). The van der Waals surface area contributed by atoms with Gasteiger partial charge in [-0.2, -0.15) is 13.2 Å². The maximum Gasteiger partial charge on any atom is 0.416 e. The van der Waals surface area contributed by atoms with Crippen molar-refractivity contribution in [1.82, 2.24) is 0 Å². The van der Waals surface area contributed by atoms with Gasteiger partial charge in [0.25, 0.3) is 15.9 Å². The van der Waals surface area contributed by atoms with Crippen LogP contribution in [0.3, 0.4) is 0 Å². The molecule has 33 heavy (non-hydrogen) atoms. The number of carbonyl (C=O) groups is 1. The number of benzene rings is 3. The highest BCUT2D eigenvalue weighted by Gasteiger charge is 2.30. The Kier molecular flexibility index (Phi) is 5.29. The fourth-order valence-corrected chi connectivity index (χ4v) is 4.31. The molecule has 0 bridgehead atoms. The van der Waals surface area contributed by atoms with Crippen LogP contribution in [0.1, 0.15) is 16.7 Å². The maximum atomic E-state index is 12.8. The number of carbonyl (C=O) groups excluding carboxylic acids is 1. The third kappa shape index (κ3) is 4.48. The maximum absolute atomic E-state index is 12.8. The van der Waals surface area contributed by atoms with Crippen molar-refractivity contribution in [2.75, 3.05) is 10.0 Å². The van der Waals surface area contributed by atoms with Crippen LogP contribution in [0.4, 0.5) is 24.5 Å². The van der Waals surface area contributed by atoms with Crippen LogP contribution in [-0.4, -0.2) is 24.5 Å². The minimum Gasteiger partial charge on any atom is -0.508 e. The Morgan fingerprint density at radius 1 is 0.939 bits per heavy atom. The van der Waals surface area contributed by atoms with E-state index in [2.05, 4.69) is 10.0 Å². The van der Waals surface area contributed by atoms with E-state index < -0.39 is 27.7 Å². The summed E-state index contributed by atoms with van der Waals surface area (Å²) in [7, 11) is -4.19. The quantitative estimate of drug-likeness (QED) is 0.417. The number of phenolic OH excluding ortho intramolecular Hbond substituents is 2. The lowest BCUT2D eigenvalue weighted by molar-refractivity contribution is -0.137. The van der Waals surface area contributed by atoms with Gasteiger partial charge in [-0.25, -0.2) is 8.42 Å². The van der Waals surface area contributed by atoms with Crippen molar-refractivity contribution < 1.29 is 36.6 Å². The molecule has 1 amide bonds. The lowest BCUT2D eigenvalue weighted by Gasteiger charge is -2.11. The molecule has 11 heteroatoms. The second kappa shape index (κ2) is 7.85. The van der Waals surface area contributed by atoms with E-state index >= 15 is 0 Å². The first-order chi connectivity index (χ1) is 15.4. The van der Waals surface area contributed by atoms with Gasteiger partial charge < -0.3 is 15.5 Å². The first-order valence-corrected chi connectivity index (χ1v) is 10.8. The third-order valence-electron chi connectivity index (χ3n) is 4.86. The topological polar surface area (TPSA) is 116 Å². The van der Waals surface area contributed by atoms with Crippen LogP contribution in [0, 0.1) is 0 Å². The highest BCUT2D eigenvalue weighted by atomic mass is 32.2. The Morgan fingerprint density at radius 2 is 1.64 bits per heavy atom. The second-order valence-electron chi connectivity index (χ2n) is 7.14. The summed E-state index contributed by atoms with van der Waals surface area (Å²) in [5, 5.41) is 22.0. The lowest BCUT2D eigenvalue weighted by atomic mass is 10.0. The molecule has 3 aromatic carbocycles. The van der Waals surface area contributed by atoms with Gasteiger partial charge in [0, 0.05) is 34.1 Å². The van der Waals surface area contributed by atoms with Crippen molar-refractivity contribution in [2.24, 2.45) is 0 Å². The van der Waals surface area contributed by atoms with E-state index in [1.807, 2.05) is 0 Å². The predicted octanol–water partition coefficient (Wildman–Crippen LogP) is 4.41. The van der Waals surface area contributed by atoms with Gasteiger partial charge >= 0.3 is 6.18 Å². The average molecular weight is 476 g/mol. The summed E-state index contributed by atoms with van der Waals surface area (Å²) in [6.45, 7) is 0. The minimum absolute atomic E-state index is 0.0671. The number of hydrogen-bond donors (Lipinski definition) is 4. The summed E-state index contributed by atoms with van der Waals surface area (Å²) in [6, 6.07) is 11.2. The first-order valence-electron chi connectivity index (χ1n) is 9.33. The number of aromatic hydroxyl groups is 2. The molecule has 0 fully saturated rings. The van der Waals surface area contributed by atoms with Gasteiger partial charge in [-0.3, -0.25) is 9.52 Å². The van der Waals surface area contributed by atoms with Crippen LogP contribution in [0.25, 0.3) is 11.6 Å². The normalized spacial score (nSPS) is 14.8.